The minimum atomic E-state index is -4.54. The molecule has 0 aliphatic heterocycles. The number of rotatable bonds is 4. The van der Waals surface area contributed by atoms with Crippen molar-refractivity contribution in [2.45, 2.75) is 0 Å². The molecule has 2 aromatic carbocycles. The van der Waals surface area contributed by atoms with Crippen molar-refractivity contribution in [3.05, 3.63) is 81.0 Å². The van der Waals surface area contributed by atoms with Crippen LogP contribution < -0.4 is 0 Å². The van der Waals surface area contributed by atoms with Crippen molar-refractivity contribution < 1.29 is 65.1 Å². The molecule has 17 heteroatoms. The van der Waals surface area contributed by atoms with Crippen molar-refractivity contribution >= 4 is 37.0 Å². The second kappa shape index (κ2) is 11.3. The molecule has 0 N–H and O–H groups in total. The molecule has 0 spiro atoms. The van der Waals surface area contributed by atoms with Crippen molar-refractivity contribution in [2.24, 2.45) is 0 Å². The van der Waals surface area contributed by atoms with Gasteiger partial charge >= 0.3 is 0 Å². The van der Waals surface area contributed by atoms with Gasteiger partial charge in [0.15, 0.2) is 51.2 Å². The van der Waals surface area contributed by atoms with Crippen molar-refractivity contribution in [3.8, 4) is 0 Å². The normalized spacial score (nSPS) is 11.6. The lowest BCUT2D eigenvalue weighted by Crippen LogP contribution is -2.04. The summed E-state index contributed by atoms with van der Waals surface area (Å²) in [5, 5.41) is -0.0128. The first kappa shape index (κ1) is 28.8. The number of hydrogen-bond donors (Lipinski definition) is 0. The molecule has 0 radical (unpaired) electrons. The predicted molar refractivity (Wildman–Crippen MR) is 95.5 cm³/mol. The largest absolute Gasteiger partial charge is 0.226 e. The van der Waals surface area contributed by atoms with Crippen LogP contribution >= 0.6 is 0 Å². The molecule has 0 saturated heterocycles. The Balaban J connectivity index is 0.000000362. The summed E-state index contributed by atoms with van der Waals surface area (Å²) in [6.07, 6.45) is -0.108. The van der Waals surface area contributed by atoms with Crippen LogP contribution in [0.15, 0.2) is 11.7 Å². The van der Waals surface area contributed by atoms with E-state index < -0.39 is 89.4 Å². The van der Waals surface area contributed by atoms with E-state index >= 15 is 0 Å². The van der Waals surface area contributed by atoms with Crippen LogP contribution in [0.4, 0.5) is 48.3 Å². The van der Waals surface area contributed by atoms with Crippen LogP contribution in [0.25, 0.3) is 12.2 Å². The molecule has 0 fully saturated rings. The van der Waals surface area contributed by atoms with Crippen LogP contribution in [-0.4, -0.2) is 21.5 Å². The van der Waals surface area contributed by atoms with Gasteiger partial charge in [-0.3, -0.25) is 0 Å². The zero-order chi connectivity index (χ0) is 26.5. The fourth-order valence-electron chi connectivity index (χ4n) is 1.90. The highest BCUT2D eigenvalue weighted by molar-refractivity contribution is 8.15. The van der Waals surface area contributed by atoms with Crippen molar-refractivity contribution in [2.75, 3.05) is 0 Å². The van der Waals surface area contributed by atoms with Gasteiger partial charge in [0.2, 0.25) is 31.8 Å². The third-order valence-corrected chi connectivity index (χ3v) is 5.57. The summed E-state index contributed by atoms with van der Waals surface area (Å²) in [7, 11) is -7.66. The molecule has 0 amide bonds. The second-order valence-electron chi connectivity index (χ2n) is 5.51. The number of benzene rings is 2. The minimum Gasteiger partial charge on any atom is -0.219 e. The highest BCUT2D eigenvalue weighted by Crippen LogP contribution is 2.25. The fraction of sp³-hybridized carbons (Fsp3) is 0. The molecular weight excluding hydrogens is 541 g/mol. The van der Waals surface area contributed by atoms with Crippen LogP contribution in [-0.2, 0) is 20.1 Å². The Morgan fingerprint density at radius 2 is 0.824 bits per heavy atom. The average molecular weight is 546 g/mol. The third kappa shape index (κ3) is 6.43. The van der Waals surface area contributed by atoms with Gasteiger partial charge in [0, 0.05) is 5.41 Å². The molecule has 4 nitrogen and oxygen atoms in total. The lowest BCUT2D eigenvalue weighted by atomic mass is 10.1. The summed E-state index contributed by atoms with van der Waals surface area (Å²) in [5.74, 6) is -22.0. The van der Waals surface area contributed by atoms with Gasteiger partial charge in [0.1, 0.15) is 0 Å². The summed E-state index contributed by atoms with van der Waals surface area (Å²) >= 11 is 0. The SMILES string of the molecule is FC=Cc1c(F)c(F)c(F)c(F)c1F.O=S(=O)=CS(=O)(=O)C=Cc1c(F)c(F)c(F)c(F)c1F. The highest BCUT2D eigenvalue weighted by Gasteiger charge is 2.25. The Bertz CT molecular complexity index is 1360. The monoisotopic (exact) mass is 546 g/mol. The maximum absolute atomic E-state index is 13.1. The summed E-state index contributed by atoms with van der Waals surface area (Å²) in [6, 6.07) is 0. The molecule has 0 unspecified atom stereocenters. The van der Waals surface area contributed by atoms with Crippen molar-refractivity contribution in [1.29, 1.82) is 0 Å². The number of hydrogen-bond acceptors (Lipinski definition) is 4. The van der Waals surface area contributed by atoms with Crippen LogP contribution in [0.2, 0.25) is 0 Å². The maximum Gasteiger partial charge on any atom is 0.226 e. The van der Waals surface area contributed by atoms with E-state index in [-0.39, 0.29) is 28.6 Å². The molecular formula is C17H5F11O4S2. The molecule has 0 aliphatic rings. The van der Waals surface area contributed by atoms with Gasteiger partial charge in [-0.25, -0.2) is 56.7 Å². The fourth-order valence-corrected chi connectivity index (χ4v) is 3.36. The summed E-state index contributed by atoms with van der Waals surface area (Å²) in [5.41, 5.74) is -2.81. The van der Waals surface area contributed by atoms with Gasteiger partial charge in [-0.1, -0.05) is 0 Å². The van der Waals surface area contributed by atoms with Crippen LogP contribution in [0, 0.1) is 58.2 Å². The molecule has 34 heavy (non-hydrogen) atoms. The smallest absolute Gasteiger partial charge is 0.219 e. The second-order valence-corrected chi connectivity index (χ2v) is 8.25. The Morgan fingerprint density at radius 1 is 0.529 bits per heavy atom. The molecule has 2 aromatic rings. The van der Waals surface area contributed by atoms with Crippen LogP contribution in [0.5, 0.6) is 0 Å². The van der Waals surface area contributed by atoms with Crippen LogP contribution in [0.1, 0.15) is 11.1 Å². The van der Waals surface area contributed by atoms with E-state index in [1.165, 1.54) is 0 Å². The zero-order valence-corrected chi connectivity index (χ0v) is 17.1. The first-order chi connectivity index (χ1) is 15.6. The molecule has 0 heterocycles. The van der Waals surface area contributed by atoms with Gasteiger partial charge < -0.3 is 0 Å². The standard InChI is InChI=1S/C9H3F5O4S2.C8H2F6/c10-5-4(1-2-20(17,18)3-19(15)16)6(11)8(13)9(14)7(5)12;9-2-1-3-4(10)6(12)8(14)7(13)5(3)11/h1-3H;1-2H. The van der Waals surface area contributed by atoms with E-state index in [0.717, 1.165) is 0 Å². The van der Waals surface area contributed by atoms with Crippen LogP contribution in [0.3, 0.4) is 0 Å². The van der Waals surface area contributed by atoms with Crippen molar-refractivity contribution in [3.63, 3.8) is 0 Å². The summed E-state index contributed by atoms with van der Waals surface area (Å²) in [4.78, 5) is 0. The Kier molecular flexibility index (Phi) is 9.56. The summed E-state index contributed by atoms with van der Waals surface area (Å²) in [6.45, 7) is 0. The van der Waals surface area contributed by atoms with Gasteiger partial charge in [-0.15, -0.1) is 0 Å². The van der Waals surface area contributed by atoms with Gasteiger partial charge in [0.05, 0.1) is 17.5 Å². The van der Waals surface area contributed by atoms with E-state index in [9.17, 15) is 65.1 Å². The van der Waals surface area contributed by atoms with Gasteiger partial charge in [-0.2, -0.15) is 8.42 Å². The van der Waals surface area contributed by atoms with Crippen molar-refractivity contribution in [1.82, 2.24) is 0 Å². The molecule has 0 saturated carbocycles. The minimum absolute atomic E-state index is 0.0128. The molecule has 0 atom stereocenters. The molecule has 0 bridgehead atoms. The predicted octanol–water partition coefficient (Wildman–Crippen LogP) is 4.73. The number of halogens is 11. The topological polar surface area (TPSA) is 68.3 Å². The Morgan fingerprint density at radius 3 is 1.12 bits per heavy atom. The quantitative estimate of drug-likeness (QED) is 0.241. The third-order valence-electron chi connectivity index (χ3n) is 3.35. The first-order valence-corrected chi connectivity index (χ1v) is 10.5. The van der Waals surface area contributed by atoms with E-state index in [0.29, 0.717) is 0 Å². The Labute approximate surface area is 183 Å². The molecule has 0 aliphatic carbocycles. The molecule has 0 aromatic heterocycles. The van der Waals surface area contributed by atoms with E-state index in [2.05, 4.69) is 0 Å². The highest BCUT2D eigenvalue weighted by atomic mass is 32.2. The van der Waals surface area contributed by atoms with Gasteiger partial charge in [-0.05, 0) is 12.2 Å². The zero-order valence-electron chi connectivity index (χ0n) is 15.5. The molecule has 186 valence electrons. The van der Waals surface area contributed by atoms with E-state index in [1.54, 1.807) is 0 Å². The number of sulfone groups is 1. The first-order valence-electron chi connectivity index (χ1n) is 7.73. The Hall–Kier alpha value is -3.21. The van der Waals surface area contributed by atoms with Gasteiger partial charge in [0.25, 0.3) is 0 Å². The molecule has 2 rings (SSSR count). The maximum atomic E-state index is 13.1. The van der Waals surface area contributed by atoms with E-state index in [1.807, 2.05) is 0 Å². The summed E-state index contributed by atoms with van der Waals surface area (Å²) < 4.78 is 181. The lowest BCUT2D eigenvalue weighted by Gasteiger charge is -2.03. The lowest BCUT2D eigenvalue weighted by molar-refractivity contribution is 0.376. The average Bonchev–Trinajstić information content (AvgIpc) is 2.76. The van der Waals surface area contributed by atoms with E-state index in [4.69, 9.17) is 0 Å².